The number of hydrogen-bond donors (Lipinski definition) is 2. The van der Waals surface area contributed by atoms with Crippen LogP contribution >= 0.6 is 23.2 Å². The van der Waals surface area contributed by atoms with E-state index in [9.17, 15) is 43.9 Å². The Kier molecular flexibility index (Phi) is 7.80. The molecular weight excluding hydrogens is 542 g/mol. The summed E-state index contributed by atoms with van der Waals surface area (Å²) in [7, 11) is -4.31. The minimum atomic E-state index is -6.68. The molecule has 0 unspecified atom stereocenters. The normalized spacial score (nSPS) is 13.5. The van der Waals surface area contributed by atoms with Crippen LogP contribution in [-0.2, 0) is 14.8 Å². The number of hydrazone groups is 1. The second-order valence-electron chi connectivity index (χ2n) is 6.55. The van der Waals surface area contributed by atoms with Crippen LogP contribution in [0.25, 0.3) is 0 Å². The van der Waals surface area contributed by atoms with Crippen molar-refractivity contribution in [1.82, 2.24) is 4.83 Å². The number of halogens is 9. The summed E-state index contributed by atoms with van der Waals surface area (Å²) in [6, 6.07) is 7.80. The summed E-state index contributed by atoms with van der Waals surface area (Å²) in [6.45, 7) is 1.25. The number of hydrogen-bond acceptors (Lipinski definition) is 4. The van der Waals surface area contributed by atoms with Crippen molar-refractivity contribution in [2.45, 2.75) is 29.8 Å². The van der Waals surface area contributed by atoms with Gasteiger partial charge >= 0.3 is 23.9 Å². The van der Waals surface area contributed by atoms with E-state index in [4.69, 9.17) is 23.2 Å². The van der Waals surface area contributed by atoms with Gasteiger partial charge < -0.3 is 5.32 Å². The molecule has 0 bridgehead atoms. The van der Waals surface area contributed by atoms with Crippen molar-refractivity contribution in [3.05, 3.63) is 58.1 Å². The van der Waals surface area contributed by atoms with Crippen LogP contribution in [0.2, 0.25) is 10.0 Å². The Bertz CT molecular complexity index is 1240. The number of nitrogens with zero attached hydrogens (tertiary/aromatic N) is 1. The lowest BCUT2D eigenvalue weighted by molar-refractivity contribution is -0.343. The quantitative estimate of drug-likeness (QED) is 0.271. The molecule has 0 atom stereocenters. The molecule has 2 N–H and O–H groups in total. The summed E-state index contributed by atoms with van der Waals surface area (Å²) in [4.78, 5) is 12.9. The average molecular weight is 554 g/mol. The maximum absolute atomic E-state index is 13.5. The fourth-order valence-corrected chi connectivity index (χ4v) is 3.90. The number of carbonyl (C=O) groups excluding carboxylic acids is 1. The molecule has 0 heterocycles. The first-order valence-corrected chi connectivity index (χ1v) is 10.9. The number of benzene rings is 2. The van der Waals surface area contributed by atoms with Gasteiger partial charge in [-0.2, -0.15) is 49.1 Å². The summed E-state index contributed by atoms with van der Waals surface area (Å²) in [5.74, 6) is -15.6. The number of amides is 1. The van der Waals surface area contributed by atoms with E-state index < -0.39 is 44.5 Å². The van der Waals surface area contributed by atoms with Crippen LogP contribution in [-0.4, -0.2) is 38.1 Å². The molecule has 0 radical (unpaired) electrons. The van der Waals surface area contributed by atoms with E-state index in [1.54, 1.807) is 0 Å². The summed E-state index contributed by atoms with van der Waals surface area (Å²) in [5.41, 5.74) is -0.704. The molecule has 2 aromatic rings. The first-order valence-electron chi connectivity index (χ1n) is 8.65. The summed E-state index contributed by atoms with van der Waals surface area (Å²) >= 11 is 11.6. The Morgan fingerprint density at radius 2 is 1.59 bits per heavy atom. The number of sulfonamides is 1. The zero-order valence-corrected chi connectivity index (χ0v) is 18.9. The number of carbonyl (C=O) groups is 1. The third-order valence-electron chi connectivity index (χ3n) is 4.09. The zero-order chi connectivity index (χ0) is 26.1. The highest BCUT2D eigenvalue weighted by Crippen LogP contribution is 2.46. The van der Waals surface area contributed by atoms with Gasteiger partial charge in [0.2, 0.25) is 0 Å². The molecule has 0 saturated heterocycles. The van der Waals surface area contributed by atoms with Gasteiger partial charge in [0.25, 0.3) is 10.0 Å². The molecule has 0 aliphatic carbocycles. The smallest absolute Gasteiger partial charge is 0.321 e. The van der Waals surface area contributed by atoms with Gasteiger partial charge in [-0.05, 0) is 42.8 Å². The molecule has 0 aliphatic rings. The molecule has 186 valence electrons. The van der Waals surface area contributed by atoms with Gasteiger partial charge in [0, 0.05) is 10.7 Å². The van der Waals surface area contributed by atoms with Gasteiger partial charge in [-0.3, -0.25) is 4.79 Å². The number of alkyl halides is 7. The lowest BCUT2D eigenvalue weighted by atomic mass is 10.1. The van der Waals surface area contributed by atoms with Crippen molar-refractivity contribution >= 4 is 50.5 Å². The Morgan fingerprint density at radius 1 is 0.971 bits per heavy atom. The predicted molar refractivity (Wildman–Crippen MR) is 110 cm³/mol. The van der Waals surface area contributed by atoms with E-state index in [0.717, 1.165) is 24.3 Å². The summed E-state index contributed by atoms with van der Waals surface area (Å²) in [5, 5.41) is 4.76. The Hall–Kier alpha value is -2.58. The van der Waals surface area contributed by atoms with Crippen LogP contribution < -0.4 is 10.1 Å². The van der Waals surface area contributed by atoms with E-state index in [2.05, 4.69) is 5.10 Å². The van der Waals surface area contributed by atoms with Gasteiger partial charge in [0.1, 0.15) is 4.90 Å². The highest BCUT2D eigenvalue weighted by Gasteiger charge is 2.76. The zero-order valence-electron chi connectivity index (χ0n) is 16.5. The van der Waals surface area contributed by atoms with Gasteiger partial charge in [-0.1, -0.05) is 35.3 Å². The lowest BCUT2D eigenvalue weighted by Gasteiger charge is -2.27. The van der Waals surface area contributed by atoms with Crippen molar-refractivity contribution in [2.24, 2.45) is 5.10 Å². The molecule has 0 saturated carbocycles. The standard InChI is InChI=1S/C18H12Cl2F7N3O3S/c1-9(29-30-34(32,33)14-8-11(19)5-6-13(14)20)10-3-2-4-12(7-10)28-15(31)16(21,22)17(23,24)18(25,26)27/h2-8,30H,1H3,(H,28,31). The SMILES string of the molecule is CC(=NNS(=O)(=O)c1cc(Cl)ccc1Cl)c1cccc(NC(=O)C(F)(F)C(F)(F)C(F)(F)F)c1. The van der Waals surface area contributed by atoms with E-state index in [0.29, 0.717) is 0 Å². The average Bonchev–Trinajstić information content (AvgIpc) is 2.72. The van der Waals surface area contributed by atoms with Gasteiger partial charge in [0.05, 0.1) is 10.7 Å². The summed E-state index contributed by atoms with van der Waals surface area (Å²) in [6.07, 6.45) is -6.68. The number of anilines is 1. The minimum absolute atomic E-state index is 0.0106. The largest absolute Gasteiger partial charge is 0.460 e. The maximum Gasteiger partial charge on any atom is 0.460 e. The molecule has 2 rings (SSSR count). The third kappa shape index (κ3) is 5.73. The van der Waals surface area contributed by atoms with Crippen LogP contribution in [0.15, 0.2) is 52.5 Å². The van der Waals surface area contributed by atoms with Crippen LogP contribution in [0.3, 0.4) is 0 Å². The molecule has 2 aromatic carbocycles. The topological polar surface area (TPSA) is 87.6 Å². The molecule has 0 fully saturated rings. The van der Waals surface area contributed by atoms with Crippen molar-refractivity contribution in [3.8, 4) is 0 Å². The van der Waals surface area contributed by atoms with Gasteiger partial charge in [-0.25, -0.2) is 0 Å². The fraction of sp³-hybridized carbons (Fsp3) is 0.222. The Balaban J connectivity index is 2.25. The number of nitrogens with one attached hydrogen (secondary N) is 2. The molecular formula is C18H12Cl2F7N3O3S. The highest BCUT2D eigenvalue weighted by atomic mass is 35.5. The maximum atomic E-state index is 13.5. The molecule has 1 amide bonds. The van der Waals surface area contributed by atoms with Crippen molar-refractivity contribution < 1.29 is 43.9 Å². The monoisotopic (exact) mass is 553 g/mol. The fourth-order valence-electron chi connectivity index (χ4n) is 2.28. The molecule has 0 aliphatic heterocycles. The molecule has 34 heavy (non-hydrogen) atoms. The third-order valence-corrected chi connectivity index (χ3v) is 6.02. The first kappa shape index (κ1) is 27.7. The molecule has 6 nitrogen and oxygen atoms in total. The van der Waals surface area contributed by atoms with E-state index in [-0.39, 0.29) is 21.3 Å². The lowest BCUT2D eigenvalue weighted by Crippen LogP contribution is -2.57. The Morgan fingerprint density at radius 3 is 2.18 bits per heavy atom. The molecule has 0 spiro atoms. The van der Waals surface area contributed by atoms with Crippen LogP contribution in [0.1, 0.15) is 12.5 Å². The van der Waals surface area contributed by atoms with E-state index >= 15 is 0 Å². The second-order valence-corrected chi connectivity index (χ2v) is 9.02. The van der Waals surface area contributed by atoms with Gasteiger partial charge in [0.15, 0.2) is 0 Å². The number of rotatable bonds is 7. The van der Waals surface area contributed by atoms with Gasteiger partial charge in [-0.15, -0.1) is 0 Å². The first-order chi connectivity index (χ1) is 15.4. The van der Waals surface area contributed by atoms with Crippen molar-refractivity contribution in [2.75, 3.05) is 5.32 Å². The van der Waals surface area contributed by atoms with Crippen LogP contribution in [0.4, 0.5) is 36.4 Å². The van der Waals surface area contributed by atoms with E-state index in [1.807, 2.05) is 4.83 Å². The van der Waals surface area contributed by atoms with Crippen LogP contribution in [0.5, 0.6) is 0 Å². The van der Waals surface area contributed by atoms with E-state index in [1.165, 1.54) is 30.4 Å². The van der Waals surface area contributed by atoms with Crippen LogP contribution in [0, 0.1) is 0 Å². The van der Waals surface area contributed by atoms with Crippen molar-refractivity contribution in [3.63, 3.8) is 0 Å². The second kappa shape index (κ2) is 9.58. The highest BCUT2D eigenvalue weighted by molar-refractivity contribution is 7.89. The van der Waals surface area contributed by atoms with Crippen molar-refractivity contribution in [1.29, 1.82) is 0 Å². The molecule has 0 aromatic heterocycles. The predicted octanol–water partition coefficient (Wildman–Crippen LogP) is 5.47. The summed E-state index contributed by atoms with van der Waals surface area (Å²) < 4.78 is 115. The minimum Gasteiger partial charge on any atom is -0.321 e. The Labute approximate surface area is 197 Å². The molecule has 16 heteroatoms.